The largest absolute Gasteiger partial charge is 0.469 e. The molecule has 0 radical (unpaired) electrons. The van der Waals surface area contributed by atoms with Crippen LogP contribution in [0.15, 0.2) is 24.4 Å². The average molecular weight is 292 g/mol. The first-order valence-electron chi connectivity index (χ1n) is 7.37. The zero-order valence-electron chi connectivity index (χ0n) is 13.0. The van der Waals surface area contributed by atoms with Crippen LogP contribution < -0.4 is 0 Å². The molecule has 1 heterocycles. The van der Waals surface area contributed by atoms with Crippen LogP contribution in [-0.2, 0) is 20.9 Å². The predicted octanol–water partition coefficient (Wildman–Crippen LogP) is 2.41. The lowest BCUT2D eigenvalue weighted by molar-refractivity contribution is -0.142. The second-order valence-corrected chi connectivity index (χ2v) is 4.92. The van der Waals surface area contributed by atoms with Crippen LogP contribution >= 0.6 is 0 Å². The molecule has 1 amide bonds. The Kier molecular flexibility index (Phi) is 7.43. The van der Waals surface area contributed by atoms with Crippen molar-refractivity contribution in [2.75, 3.05) is 13.7 Å². The van der Waals surface area contributed by atoms with E-state index in [9.17, 15) is 9.59 Å². The number of carbonyl (C=O) groups is 2. The van der Waals surface area contributed by atoms with Gasteiger partial charge in [0, 0.05) is 18.7 Å². The number of ether oxygens (including phenoxy) is 1. The van der Waals surface area contributed by atoms with E-state index in [0.29, 0.717) is 13.1 Å². The van der Waals surface area contributed by atoms with Crippen LogP contribution in [0, 0.1) is 5.92 Å². The van der Waals surface area contributed by atoms with Crippen molar-refractivity contribution in [3.63, 3.8) is 0 Å². The predicted molar refractivity (Wildman–Crippen MR) is 80.4 cm³/mol. The van der Waals surface area contributed by atoms with Gasteiger partial charge in [-0.2, -0.15) is 0 Å². The molecular formula is C16H24N2O3. The molecule has 0 unspecified atom stereocenters. The van der Waals surface area contributed by atoms with Crippen LogP contribution in [-0.4, -0.2) is 35.4 Å². The molecule has 116 valence electrons. The van der Waals surface area contributed by atoms with Gasteiger partial charge in [0.2, 0.25) is 5.91 Å². The first-order chi connectivity index (χ1) is 10.1. The number of nitrogens with zero attached hydrogens (tertiary/aromatic N) is 2. The van der Waals surface area contributed by atoms with E-state index < -0.39 is 0 Å². The van der Waals surface area contributed by atoms with Crippen molar-refractivity contribution in [1.29, 1.82) is 0 Å². The molecule has 0 atom stereocenters. The highest BCUT2D eigenvalue weighted by Crippen LogP contribution is 2.14. The summed E-state index contributed by atoms with van der Waals surface area (Å²) in [6.45, 7) is 4.79. The molecular weight excluding hydrogens is 268 g/mol. The Hall–Kier alpha value is -1.91. The van der Waals surface area contributed by atoms with Crippen LogP contribution in [0.5, 0.6) is 0 Å². The standard InChI is InChI=1S/C16H24N2O3/c1-4-13(5-2)16(20)18(11-9-15(19)21-3)12-14-8-6-7-10-17-14/h6-8,10,13H,4-5,9,11-12H2,1-3H3. The SMILES string of the molecule is CCC(CC)C(=O)N(CCC(=O)OC)Cc1ccccn1. The van der Waals surface area contributed by atoms with Gasteiger partial charge < -0.3 is 9.64 Å². The fourth-order valence-electron chi connectivity index (χ4n) is 2.18. The van der Waals surface area contributed by atoms with Gasteiger partial charge in [0.1, 0.15) is 0 Å². The molecule has 0 spiro atoms. The number of carbonyl (C=O) groups excluding carboxylic acids is 2. The molecule has 0 aliphatic heterocycles. The first-order valence-corrected chi connectivity index (χ1v) is 7.37. The first kappa shape index (κ1) is 17.1. The molecule has 1 aromatic rings. The third kappa shape index (κ3) is 5.53. The summed E-state index contributed by atoms with van der Waals surface area (Å²) in [5.41, 5.74) is 0.821. The summed E-state index contributed by atoms with van der Waals surface area (Å²) in [6, 6.07) is 5.61. The highest BCUT2D eigenvalue weighted by molar-refractivity contribution is 5.79. The van der Waals surface area contributed by atoms with E-state index in [1.54, 1.807) is 11.1 Å². The van der Waals surface area contributed by atoms with E-state index >= 15 is 0 Å². The molecule has 5 heteroatoms. The number of esters is 1. The Morgan fingerprint density at radius 3 is 2.52 bits per heavy atom. The van der Waals surface area contributed by atoms with Crippen molar-refractivity contribution >= 4 is 11.9 Å². The van der Waals surface area contributed by atoms with Crippen molar-refractivity contribution in [1.82, 2.24) is 9.88 Å². The average Bonchev–Trinajstić information content (AvgIpc) is 2.53. The minimum absolute atomic E-state index is 0.00800. The molecule has 5 nitrogen and oxygen atoms in total. The number of hydrogen-bond donors (Lipinski definition) is 0. The molecule has 21 heavy (non-hydrogen) atoms. The quantitative estimate of drug-likeness (QED) is 0.690. The second-order valence-electron chi connectivity index (χ2n) is 4.92. The molecule has 0 aromatic carbocycles. The van der Waals surface area contributed by atoms with E-state index in [1.165, 1.54) is 7.11 Å². The molecule has 0 saturated carbocycles. The fraction of sp³-hybridized carbons (Fsp3) is 0.562. The summed E-state index contributed by atoms with van der Waals surface area (Å²) >= 11 is 0. The van der Waals surface area contributed by atoms with E-state index in [-0.39, 0.29) is 24.2 Å². The number of pyridine rings is 1. The lowest BCUT2D eigenvalue weighted by Gasteiger charge is -2.26. The summed E-state index contributed by atoms with van der Waals surface area (Å²) in [4.78, 5) is 29.8. The Bertz CT molecular complexity index is 444. The van der Waals surface area contributed by atoms with Crippen molar-refractivity contribution in [3.05, 3.63) is 30.1 Å². The van der Waals surface area contributed by atoms with E-state index in [0.717, 1.165) is 18.5 Å². The minimum Gasteiger partial charge on any atom is -0.469 e. The molecule has 1 aromatic heterocycles. The summed E-state index contributed by atoms with van der Waals surface area (Å²) in [7, 11) is 1.36. The van der Waals surface area contributed by atoms with Gasteiger partial charge in [0.05, 0.1) is 25.8 Å². The van der Waals surface area contributed by atoms with Crippen molar-refractivity contribution in [3.8, 4) is 0 Å². The highest BCUT2D eigenvalue weighted by atomic mass is 16.5. The van der Waals surface area contributed by atoms with Gasteiger partial charge in [0.15, 0.2) is 0 Å². The summed E-state index contributed by atoms with van der Waals surface area (Å²) in [5, 5.41) is 0. The van der Waals surface area contributed by atoms with Crippen LogP contribution in [0.4, 0.5) is 0 Å². The maximum absolute atomic E-state index is 12.6. The van der Waals surface area contributed by atoms with Gasteiger partial charge in [-0.15, -0.1) is 0 Å². The third-order valence-electron chi connectivity index (χ3n) is 3.54. The fourth-order valence-corrected chi connectivity index (χ4v) is 2.18. The Labute approximate surface area is 126 Å². The van der Waals surface area contributed by atoms with Crippen LogP contribution in [0.1, 0.15) is 38.8 Å². The van der Waals surface area contributed by atoms with Gasteiger partial charge in [-0.25, -0.2) is 0 Å². The lowest BCUT2D eigenvalue weighted by Crippen LogP contribution is -2.37. The Balaban J connectivity index is 2.78. The van der Waals surface area contributed by atoms with Crippen LogP contribution in [0.3, 0.4) is 0 Å². The van der Waals surface area contributed by atoms with Crippen LogP contribution in [0.2, 0.25) is 0 Å². The van der Waals surface area contributed by atoms with Crippen molar-refractivity contribution in [2.24, 2.45) is 5.92 Å². The second kappa shape index (κ2) is 9.10. The molecule has 1 rings (SSSR count). The zero-order valence-corrected chi connectivity index (χ0v) is 13.0. The van der Waals surface area contributed by atoms with Gasteiger partial charge in [-0.05, 0) is 25.0 Å². The van der Waals surface area contributed by atoms with E-state index in [2.05, 4.69) is 9.72 Å². The summed E-state index contributed by atoms with van der Waals surface area (Å²) < 4.78 is 4.65. The maximum Gasteiger partial charge on any atom is 0.307 e. The minimum atomic E-state index is -0.307. The highest BCUT2D eigenvalue weighted by Gasteiger charge is 2.22. The molecule has 0 N–H and O–H groups in total. The number of rotatable bonds is 8. The van der Waals surface area contributed by atoms with Gasteiger partial charge in [0.25, 0.3) is 0 Å². The smallest absolute Gasteiger partial charge is 0.307 e. The summed E-state index contributed by atoms with van der Waals surface area (Å²) in [6.07, 6.45) is 3.50. The topological polar surface area (TPSA) is 59.5 Å². The van der Waals surface area contributed by atoms with Crippen molar-refractivity contribution < 1.29 is 14.3 Å². The number of aromatic nitrogens is 1. The maximum atomic E-state index is 12.6. The molecule has 0 aliphatic carbocycles. The van der Waals surface area contributed by atoms with Gasteiger partial charge in [-0.3, -0.25) is 14.6 Å². The van der Waals surface area contributed by atoms with Crippen LogP contribution in [0.25, 0.3) is 0 Å². The van der Waals surface area contributed by atoms with Gasteiger partial charge >= 0.3 is 5.97 Å². The van der Waals surface area contributed by atoms with Gasteiger partial charge in [-0.1, -0.05) is 19.9 Å². The molecule has 0 saturated heterocycles. The normalized spacial score (nSPS) is 10.5. The number of methoxy groups -OCH3 is 1. The van der Waals surface area contributed by atoms with E-state index in [4.69, 9.17) is 0 Å². The Morgan fingerprint density at radius 1 is 1.29 bits per heavy atom. The molecule has 0 bridgehead atoms. The lowest BCUT2D eigenvalue weighted by atomic mass is 10.0. The molecule has 0 fully saturated rings. The number of hydrogen-bond acceptors (Lipinski definition) is 4. The zero-order chi connectivity index (χ0) is 15.7. The van der Waals surface area contributed by atoms with Crippen molar-refractivity contribution in [2.45, 2.75) is 39.7 Å². The monoisotopic (exact) mass is 292 g/mol. The van der Waals surface area contributed by atoms with E-state index in [1.807, 2.05) is 32.0 Å². The third-order valence-corrected chi connectivity index (χ3v) is 3.54. The number of amides is 1. The molecule has 0 aliphatic rings. The summed E-state index contributed by atoms with van der Waals surface area (Å²) in [5.74, 6) is -0.237. The Morgan fingerprint density at radius 2 is 2.00 bits per heavy atom.